The Bertz CT molecular complexity index is 842. The van der Waals surface area contributed by atoms with Crippen LogP contribution in [0.1, 0.15) is 54.4 Å². The highest BCUT2D eigenvalue weighted by Crippen LogP contribution is 2.47. The van der Waals surface area contributed by atoms with Crippen molar-refractivity contribution in [2.75, 3.05) is 7.05 Å². The van der Waals surface area contributed by atoms with Gasteiger partial charge in [0.1, 0.15) is 0 Å². The summed E-state index contributed by atoms with van der Waals surface area (Å²) in [6.45, 7) is 2.16. The summed E-state index contributed by atoms with van der Waals surface area (Å²) in [5.74, 6) is 0.840. The molecule has 0 amide bonds. The summed E-state index contributed by atoms with van der Waals surface area (Å²) >= 11 is 0. The summed E-state index contributed by atoms with van der Waals surface area (Å²) in [5.41, 5.74) is 10.6. The van der Waals surface area contributed by atoms with Crippen molar-refractivity contribution in [2.45, 2.75) is 57.6 Å². The zero-order valence-electron chi connectivity index (χ0n) is 17.0. The second-order valence-corrected chi connectivity index (χ2v) is 8.23. The van der Waals surface area contributed by atoms with Crippen LogP contribution in [0.15, 0.2) is 53.5 Å². The Balaban J connectivity index is 1.66. The van der Waals surface area contributed by atoms with Crippen LogP contribution in [-0.2, 0) is 23.4 Å². The van der Waals surface area contributed by atoms with Crippen LogP contribution in [0, 0.1) is 12.8 Å². The predicted molar refractivity (Wildman–Crippen MR) is 114 cm³/mol. The molecule has 1 unspecified atom stereocenters. The molecule has 0 aromatic heterocycles. The van der Waals surface area contributed by atoms with Gasteiger partial charge in [0.2, 0.25) is 11.7 Å². The number of hydroxylamine groups is 2. The maximum atomic E-state index is 6.39. The number of hydrogen-bond donors (Lipinski definition) is 1. The SMILES string of the molecule is Cc1ccc(CCc2ccccc2)cc1C1(C2CCCCC2)N=C(N)N(C)O1. The molecule has 0 bridgehead atoms. The van der Waals surface area contributed by atoms with E-state index in [4.69, 9.17) is 15.6 Å². The number of aliphatic imine (C=N–C) groups is 1. The molecule has 4 nitrogen and oxygen atoms in total. The number of nitrogens with two attached hydrogens (primary N) is 1. The van der Waals surface area contributed by atoms with E-state index in [2.05, 4.69) is 55.5 Å². The van der Waals surface area contributed by atoms with Crippen LogP contribution in [0.3, 0.4) is 0 Å². The summed E-state index contributed by atoms with van der Waals surface area (Å²) < 4.78 is 0. The van der Waals surface area contributed by atoms with Crippen LogP contribution in [0.25, 0.3) is 0 Å². The molecule has 28 heavy (non-hydrogen) atoms. The third kappa shape index (κ3) is 3.66. The maximum absolute atomic E-state index is 6.39. The van der Waals surface area contributed by atoms with Crippen molar-refractivity contribution < 1.29 is 4.84 Å². The smallest absolute Gasteiger partial charge is 0.218 e. The fourth-order valence-corrected chi connectivity index (χ4v) is 4.65. The van der Waals surface area contributed by atoms with E-state index in [1.165, 1.54) is 41.5 Å². The minimum absolute atomic E-state index is 0.368. The first-order valence-electron chi connectivity index (χ1n) is 10.5. The van der Waals surface area contributed by atoms with Gasteiger partial charge < -0.3 is 5.73 Å². The van der Waals surface area contributed by atoms with Gasteiger partial charge in [-0.2, -0.15) is 0 Å². The lowest BCUT2D eigenvalue weighted by Gasteiger charge is -2.37. The average molecular weight is 378 g/mol. The van der Waals surface area contributed by atoms with E-state index < -0.39 is 5.72 Å². The molecular formula is C24H31N3O. The second kappa shape index (κ2) is 7.96. The number of benzene rings is 2. The molecule has 2 aromatic carbocycles. The van der Waals surface area contributed by atoms with E-state index in [-0.39, 0.29) is 0 Å². The van der Waals surface area contributed by atoms with Crippen LogP contribution in [0.5, 0.6) is 0 Å². The highest BCUT2D eigenvalue weighted by Gasteiger charge is 2.48. The molecule has 1 heterocycles. The lowest BCUT2D eigenvalue weighted by molar-refractivity contribution is -0.202. The van der Waals surface area contributed by atoms with Crippen molar-refractivity contribution in [1.29, 1.82) is 0 Å². The van der Waals surface area contributed by atoms with Gasteiger partial charge in [0, 0.05) is 18.5 Å². The van der Waals surface area contributed by atoms with Crippen molar-refractivity contribution >= 4 is 5.96 Å². The van der Waals surface area contributed by atoms with Gasteiger partial charge in [0.25, 0.3) is 0 Å². The van der Waals surface area contributed by atoms with Gasteiger partial charge in [-0.05, 0) is 49.3 Å². The summed E-state index contributed by atoms with van der Waals surface area (Å²) in [4.78, 5) is 11.3. The third-order valence-electron chi connectivity index (χ3n) is 6.27. The number of nitrogens with zero attached hydrogens (tertiary/aromatic N) is 2. The summed E-state index contributed by atoms with van der Waals surface area (Å²) in [5, 5.41) is 1.64. The first kappa shape index (κ1) is 19.0. The predicted octanol–water partition coefficient (Wildman–Crippen LogP) is 4.71. The first-order valence-corrected chi connectivity index (χ1v) is 10.5. The molecule has 0 radical (unpaired) electrons. The van der Waals surface area contributed by atoms with Crippen LogP contribution in [0.2, 0.25) is 0 Å². The summed E-state index contributed by atoms with van der Waals surface area (Å²) in [6, 6.07) is 17.4. The largest absolute Gasteiger partial charge is 0.368 e. The molecule has 4 heteroatoms. The van der Waals surface area contributed by atoms with E-state index >= 15 is 0 Å². The molecule has 2 N–H and O–H groups in total. The highest BCUT2D eigenvalue weighted by atomic mass is 16.7. The summed E-state index contributed by atoms with van der Waals surface area (Å²) in [6.07, 6.45) is 8.09. The Morgan fingerprint density at radius 3 is 2.43 bits per heavy atom. The van der Waals surface area contributed by atoms with Gasteiger partial charge in [-0.25, -0.2) is 14.9 Å². The van der Waals surface area contributed by atoms with Crippen LogP contribution >= 0.6 is 0 Å². The average Bonchev–Trinajstić information content (AvgIpc) is 3.04. The van der Waals surface area contributed by atoms with Gasteiger partial charge in [-0.1, -0.05) is 67.8 Å². The minimum Gasteiger partial charge on any atom is -0.368 e. The molecule has 1 atom stereocenters. The fraction of sp³-hybridized carbons (Fsp3) is 0.458. The Kier molecular flexibility index (Phi) is 5.40. The van der Waals surface area contributed by atoms with Crippen LogP contribution in [-0.4, -0.2) is 18.1 Å². The molecule has 2 aromatic rings. The molecule has 148 valence electrons. The molecule has 1 aliphatic carbocycles. The van der Waals surface area contributed by atoms with Gasteiger partial charge in [0.15, 0.2) is 0 Å². The fourth-order valence-electron chi connectivity index (χ4n) is 4.65. The molecule has 1 aliphatic heterocycles. The molecule has 0 spiro atoms. The molecule has 1 saturated carbocycles. The third-order valence-corrected chi connectivity index (χ3v) is 6.27. The van der Waals surface area contributed by atoms with Crippen LogP contribution in [0.4, 0.5) is 0 Å². The van der Waals surface area contributed by atoms with E-state index in [0.29, 0.717) is 11.9 Å². The van der Waals surface area contributed by atoms with Crippen molar-refractivity contribution in [3.05, 3.63) is 70.8 Å². The van der Waals surface area contributed by atoms with E-state index in [9.17, 15) is 0 Å². The molecule has 0 saturated heterocycles. The number of hydrogen-bond acceptors (Lipinski definition) is 4. The first-order chi connectivity index (χ1) is 13.6. The van der Waals surface area contributed by atoms with Crippen molar-refractivity contribution in [3.8, 4) is 0 Å². The van der Waals surface area contributed by atoms with Gasteiger partial charge in [-0.15, -0.1) is 0 Å². The van der Waals surface area contributed by atoms with E-state index in [1.54, 1.807) is 5.06 Å². The zero-order valence-corrected chi connectivity index (χ0v) is 17.0. The molecule has 4 rings (SSSR count). The lowest BCUT2D eigenvalue weighted by atomic mass is 9.77. The van der Waals surface area contributed by atoms with Gasteiger partial charge in [0.05, 0.1) is 0 Å². The second-order valence-electron chi connectivity index (χ2n) is 8.23. The maximum Gasteiger partial charge on any atom is 0.218 e. The van der Waals surface area contributed by atoms with E-state index in [0.717, 1.165) is 25.7 Å². The Hall–Kier alpha value is -2.33. The standard InChI is InChI=1S/C24H31N3O/c1-18-13-14-20(16-15-19-9-5-3-6-10-19)17-22(18)24(21-11-7-4-8-12-21)26-23(25)27(2)28-24/h3,5-6,9-10,13-14,17,21H,4,7-8,11-12,15-16H2,1-2H3,(H2,25,26). The topological polar surface area (TPSA) is 50.8 Å². The molecule has 2 aliphatic rings. The van der Waals surface area contributed by atoms with Crippen molar-refractivity contribution in [1.82, 2.24) is 5.06 Å². The lowest BCUT2D eigenvalue weighted by Crippen LogP contribution is -2.38. The quantitative estimate of drug-likeness (QED) is 0.821. The monoisotopic (exact) mass is 377 g/mol. The molecular weight excluding hydrogens is 346 g/mol. The van der Waals surface area contributed by atoms with Gasteiger partial charge in [-0.3, -0.25) is 0 Å². The van der Waals surface area contributed by atoms with Crippen molar-refractivity contribution in [2.24, 2.45) is 16.6 Å². The minimum atomic E-state index is -0.675. The number of rotatable bonds is 5. The number of guanidine groups is 1. The van der Waals surface area contributed by atoms with Crippen LogP contribution < -0.4 is 5.73 Å². The number of aryl methyl sites for hydroxylation is 3. The van der Waals surface area contributed by atoms with Crippen molar-refractivity contribution in [3.63, 3.8) is 0 Å². The zero-order chi connectivity index (χ0) is 19.6. The highest BCUT2D eigenvalue weighted by molar-refractivity contribution is 5.78. The summed E-state index contributed by atoms with van der Waals surface area (Å²) in [7, 11) is 1.86. The Labute approximate surface area is 168 Å². The molecule has 1 fully saturated rings. The Morgan fingerprint density at radius 1 is 1.04 bits per heavy atom. The normalized spacial score (nSPS) is 23.1. The Morgan fingerprint density at radius 2 is 1.75 bits per heavy atom. The van der Waals surface area contributed by atoms with E-state index in [1.807, 2.05) is 7.05 Å². The van der Waals surface area contributed by atoms with Gasteiger partial charge >= 0.3 is 0 Å².